The van der Waals surface area contributed by atoms with Crippen LogP contribution in [0.5, 0.6) is 11.5 Å². The number of carbonyl (C=O) groups is 2. The molecule has 0 spiro atoms. The van der Waals surface area contributed by atoms with Gasteiger partial charge in [0.25, 0.3) is 11.7 Å². The smallest absolute Gasteiger partial charge is 0.292 e. The summed E-state index contributed by atoms with van der Waals surface area (Å²) in [6.45, 7) is 3.25. The molecule has 162 valence electrons. The third-order valence-corrected chi connectivity index (χ3v) is 5.46. The van der Waals surface area contributed by atoms with Crippen LogP contribution >= 0.6 is 0 Å². The predicted molar refractivity (Wildman–Crippen MR) is 117 cm³/mol. The Morgan fingerprint density at radius 3 is 2.81 bits per heavy atom. The molecule has 0 aliphatic carbocycles. The van der Waals surface area contributed by atoms with Gasteiger partial charge in [-0.25, -0.2) is 0 Å². The van der Waals surface area contributed by atoms with E-state index in [0.717, 1.165) is 35.9 Å². The van der Waals surface area contributed by atoms with Crippen LogP contribution in [-0.2, 0) is 16.1 Å². The van der Waals surface area contributed by atoms with Gasteiger partial charge in [-0.1, -0.05) is 24.3 Å². The van der Waals surface area contributed by atoms with Crippen LogP contribution in [0, 0.1) is 6.92 Å². The standard InChI is InChI=1S/C24H26N2O5/c1-15-22(18-7-3-4-8-19(18)26-15)23(27)24(28)25-13-16-9-10-20(21(12-16)29-2)31-14-17-6-5-11-30-17/h3-4,7-10,12,17,26H,5-6,11,13-14H2,1-2H3,(H,25,28). The van der Waals surface area contributed by atoms with Crippen molar-refractivity contribution in [2.24, 2.45) is 0 Å². The lowest BCUT2D eigenvalue weighted by Gasteiger charge is -2.15. The summed E-state index contributed by atoms with van der Waals surface area (Å²) in [6.07, 6.45) is 2.17. The molecule has 1 amide bonds. The average Bonchev–Trinajstić information content (AvgIpc) is 3.42. The van der Waals surface area contributed by atoms with Crippen molar-refractivity contribution in [1.29, 1.82) is 0 Å². The third kappa shape index (κ3) is 4.56. The molecule has 1 saturated heterocycles. The van der Waals surface area contributed by atoms with E-state index < -0.39 is 11.7 Å². The first kappa shape index (κ1) is 20.9. The lowest BCUT2D eigenvalue weighted by Crippen LogP contribution is -2.30. The molecule has 7 heteroatoms. The molecule has 0 bridgehead atoms. The molecule has 1 fully saturated rings. The fourth-order valence-corrected chi connectivity index (χ4v) is 3.85. The van der Waals surface area contributed by atoms with Crippen LogP contribution in [0.3, 0.4) is 0 Å². The summed E-state index contributed by atoms with van der Waals surface area (Å²) in [6, 6.07) is 12.9. The fraction of sp³-hybridized carbons (Fsp3) is 0.333. The number of aromatic nitrogens is 1. The first-order valence-electron chi connectivity index (χ1n) is 10.4. The van der Waals surface area contributed by atoms with E-state index in [0.29, 0.717) is 29.4 Å². The lowest BCUT2D eigenvalue weighted by atomic mass is 10.1. The maximum Gasteiger partial charge on any atom is 0.292 e. The Morgan fingerprint density at radius 1 is 1.19 bits per heavy atom. The van der Waals surface area contributed by atoms with Gasteiger partial charge in [0.05, 0.1) is 18.8 Å². The van der Waals surface area contributed by atoms with E-state index in [2.05, 4.69) is 10.3 Å². The van der Waals surface area contributed by atoms with Gasteiger partial charge in [-0.05, 0) is 43.5 Å². The van der Waals surface area contributed by atoms with Crippen molar-refractivity contribution in [2.45, 2.75) is 32.4 Å². The highest BCUT2D eigenvalue weighted by Crippen LogP contribution is 2.29. The predicted octanol–water partition coefficient (Wildman–Crippen LogP) is 3.54. The second-order valence-electron chi connectivity index (χ2n) is 7.61. The Kier molecular flexibility index (Phi) is 6.23. The van der Waals surface area contributed by atoms with Crippen molar-refractivity contribution < 1.29 is 23.8 Å². The van der Waals surface area contributed by atoms with E-state index in [1.165, 1.54) is 0 Å². The number of methoxy groups -OCH3 is 1. The molecule has 1 aromatic heterocycles. The summed E-state index contributed by atoms with van der Waals surface area (Å²) >= 11 is 0. The third-order valence-electron chi connectivity index (χ3n) is 5.46. The van der Waals surface area contributed by atoms with E-state index >= 15 is 0 Å². The number of nitrogens with one attached hydrogen (secondary N) is 2. The molecule has 2 aromatic carbocycles. The Hall–Kier alpha value is -3.32. The van der Waals surface area contributed by atoms with Gasteiger partial charge < -0.3 is 24.5 Å². The molecule has 31 heavy (non-hydrogen) atoms. The maximum atomic E-state index is 12.8. The number of hydrogen-bond acceptors (Lipinski definition) is 5. The van der Waals surface area contributed by atoms with Crippen LogP contribution in [0.2, 0.25) is 0 Å². The normalized spacial score (nSPS) is 15.7. The second-order valence-corrected chi connectivity index (χ2v) is 7.61. The molecular formula is C24H26N2O5. The highest BCUT2D eigenvalue weighted by molar-refractivity contribution is 6.45. The summed E-state index contributed by atoms with van der Waals surface area (Å²) in [5.74, 6) is -0.00826. The quantitative estimate of drug-likeness (QED) is 0.428. The average molecular weight is 422 g/mol. The number of carbonyl (C=O) groups excluding carboxylic acids is 2. The fourth-order valence-electron chi connectivity index (χ4n) is 3.85. The lowest BCUT2D eigenvalue weighted by molar-refractivity contribution is -0.117. The molecule has 1 unspecified atom stereocenters. The van der Waals surface area contributed by atoms with Crippen molar-refractivity contribution >= 4 is 22.6 Å². The highest BCUT2D eigenvalue weighted by atomic mass is 16.5. The summed E-state index contributed by atoms with van der Waals surface area (Å²) < 4.78 is 16.8. The van der Waals surface area contributed by atoms with Crippen LogP contribution in [0.4, 0.5) is 0 Å². The van der Waals surface area contributed by atoms with Gasteiger partial charge in [-0.3, -0.25) is 9.59 Å². The number of benzene rings is 2. The number of fused-ring (bicyclic) bond motifs is 1. The number of amides is 1. The van der Waals surface area contributed by atoms with E-state index in [-0.39, 0.29) is 12.6 Å². The molecule has 1 atom stereocenters. The topological polar surface area (TPSA) is 89.7 Å². The van der Waals surface area contributed by atoms with E-state index in [1.807, 2.05) is 30.3 Å². The number of ketones is 1. The van der Waals surface area contributed by atoms with E-state index in [4.69, 9.17) is 14.2 Å². The number of para-hydroxylation sites is 1. The number of aryl methyl sites for hydroxylation is 1. The zero-order chi connectivity index (χ0) is 21.8. The second kappa shape index (κ2) is 9.22. The van der Waals surface area contributed by atoms with Gasteiger partial charge in [0.1, 0.15) is 6.61 Å². The highest BCUT2D eigenvalue weighted by Gasteiger charge is 2.22. The van der Waals surface area contributed by atoms with E-state index in [9.17, 15) is 9.59 Å². The van der Waals surface area contributed by atoms with Crippen molar-refractivity contribution in [3.63, 3.8) is 0 Å². The van der Waals surface area contributed by atoms with Crippen LogP contribution in [0.1, 0.15) is 34.5 Å². The largest absolute Gasteiger partial charge is 0.493 e. The number of rotatable bonds is 8. The monoisotopic (exact) mass is 422 g/mol. The van der Waals surface area contributed by atoms with Gasteiger partial charge in [-0.2, -0.15) is 0 Å². The minimum atomic E-state index is -0.648. The first-order chi connectivity index (χ1) is 15.1. The Morgan fingerprint density at radius 2 is 2.03 bits per heavy atom. The zero-order valence-electron chi connectivity index (χ0n) is 17.7. The van der Waals surface area contributed by atoms with Crippen LogP contribution < -0.4 is 14.8 Å². The number of Topliss-reactive ketones (excluding diaryl/α,β-unsaturated/α-hetero) is 1. The number of hydrogen-bond donors (Lipinski definition) is 2. The van der Waals surface area contributed by atoms with Gasteiger partial charge >= 0.3 is 0 Å². The molecule has 0 radical (unpaired) electrons. The van der Waals surface area contributed by atoms with Gasteiger partial charge in [0, 0.05) is 29.7 Å². The first-order valence-corrected chi connectivity index (χ1v) is 10.4. The maximum absolute atomic E-state index is 12.8. The van der Waals surface area contributed by atoms with Gasteiger partial charge in [-0.15, -0.1) is 0 Å². The van der Waals surface area contributed by atoms with Crippen molar-refractivity contribution in [3.8, 4) is 11.5 Å². The summed E-state index contributed by atoms with van der Waals surface area (Å²) in [5.41, 5.74) is 2.72. The van der Waals surface area contributed by atoms with Crippen molar-refractivity contribution in [1.82, 2.24) is 10.3 Å². The van der Waals surface area contributed by atoms with Crippen LogP contribution in [0.15, 0.2) is 42.5 Å². The molecule has 1 aliphatic rings. The van der Waals surface area contributed by atoms with Gasteiger partial charge in [0.15, 0.2) is 11.5 Å². The molecule has 4 rings (SSSR count). The molecule has 3 aromatic rings. The Bertz CT molecular complexity index is 1100. The van der Waals surface area contributed by atoms with Crippen LogP contribution in [0.25, 0.3) is 10.9 Å². The molecule has 0 saturated carbocycles. The Labute approximate surface area is 180 Å². The minimum absolute atomic E-state index is 0.114. The number of H-pyrrole nitrogens is 1. The number of ether oxygens (including phenoxy) is 3. The summed E-state index contributed by atoms with van der Waals surface area (Å²) in [7, 11) is 1.57. The number of aromatic amines is 1. The molecule has 2 heterocycles. The van der Waals surface area contributed by atoms with Crippen LogP contribution in [-0.4, -0.2) is 43.1 Å². The molecule has 1 aliphatic heterocycles. The SMILES string of the molecule is COc1cc(CNC(=O)C(=O)c2c(C)[nH]c3ccccc23)ccc1OCC1CCCO1. The molecule has 7 nitrogen and oxygen atoms in total. The van der Waals surface area contributed by atoms with Crippen molar-refractivity contribution in [3.05, 3.63) is 59.3 Å². The van der Waals surface area contributed by atoms with Crippen molar-refractivity contribution in [2.75, 3.05) is 20.3 Å². The molecular weight excluding hydrogens is 396 g/mol. The summed E-state index contributed by atoms with van der Waals surface area (Å²) in [4.78, 5) is 28.4. The van der Waals surface area contributed by atoms with E-state index in [1.54, 1.807) is 26.2 Å². The molecule has 2 N–H and O–H groups in total. The van der Waals surface area contributed by atoms with Gasteiger partial charge in [0.2, 0.25) is 0 Å². The summed E-state index contributed by atoms with van der Waals surface area (Å²) in [5, 5.41) is 3.45. The Balaban J connectivity index is 1.40. The minimum Gasteiger partial charge on any atom is -0.493 e. The zero-order valence-corrected chi connectivity index (χ0v) is 17.7.